The number of thioether (sulfide) groups is 1. The second kappa shape index (κ2) is 9.81. The summed E-state index contributed by atoms with van der Waals surface area (Å²) in [7, 11) is 0. The van der Waals surface area contributed by atoms with E-state index >= 15 is 0 Å². The molecule has 2 N–H and O–H groups in total. The molecule has 1 amide bonds. The van der Waals surface area contributed by atoms with Crippen LogP contribution in [0.15, 0.2) is 65.6 Å². The van der Waals surface area contributed by atoms with Crippen LogP contribution in [-0.4, -0.2) is 35.0 Å². The number of para-hydroxylation sites is 1. The molecule has 0 radical (unpaired) electrons. The number of aliphatic hydroxyl groups excluding tert-OH is 1. The molecular weight excluding hydrogens is 380 g/mol. The molecular formula is C24H28N2O2S. The number of hydrogen-bond donors (Lipinski definition) is 2. The number of rotatable bonds is 8. The Morgan fingerprint density at radius 2 is 1.83 bits per heavy atom. The van der Waals surface area contributed by atoms with E-state index in [1.165, 1.54) is 4.90 Å². The molecule has 0 saturated carbocycles. The third kappa shape index (κ3) is 4.74. The highest BCUT2D eigenvalue weighted by molar-refractivity contribution is 7.98. The molecule has 3 aromatic rings. The van der Waals surface area contributed by atoms with Gasteiger partial charge in [-0.15, -0.1) is 11.8 Å². The third-order valence-corrected chi connectivity index (χ3v) is 5.92. The fourth-order valence-electron chi connectivity index (χ4n) is 3.53. The zero-order valence-corrected chi connectivity index (χ0v) is 18.0. The van der Waals surface area contributed by atoms with Gasteiger partial charge in [-0.1, -0.05) is 30.3 Å². The van der Waals surface area contributed by atoms with Crippen molar-refractivity contribution in [3.63, 3.8) is 0 Å². The number of carbonyl (C=O) groups is 1. The molecule has 0 aliphatic heterocycles. The van der Waals surface area contributed by atoms with Gasteiger partial charge in [0.1, 0.15) is 0 Å². The van der Waals surface area contributed by atoms with Crippen molar-refractivity contribution >= 4 is 17.7 Å². The van der Waals surface area contributed by atoms with Crippen molar-refractivity contribution in [3.8, 4) is 16.9 Å². The Hall–Kier alpha value is -2.50. The summed E-state index contributed by atoms with van der Waals surface area (Å²) in [6, 6.07) is 20.9. The summed E-state index contributed by atoms with van der Waals surface area (Å²) in [5, 5.41) is 11.9. The van der Waals surface area contributed by atoms with Crippen molar-refractivity contribution in [1.29, 1.82) is 0 Å². The normalized spacial score (nSPS) is 12.0. The average molecular weight is 409 g/mol. The molecule has 1 unspecified atom stereocenters. The summed E-state index contributed by atoms with van der Waals surface area (Å²) in [4.78, 5) is 13.9. The van der Waals surface area contributed by atoms with Gasteiger partial charge >= 0.3 is 0 Å². The fraction of sp³-hybridized carbons (Fsp3) is 0.292. The van der Waals surface area contributed by atoms with E-state index in [0.29, 0.717) is 13.0 Å². The van der Waals surface area contributed by atoms with E-state index in [1.54, 1.807) is 11.8 Å². The molecule has 4 nitrogen and oxygen atoms in total. The van der Waals surface area contributed by atoms with E-state index in [1.807, 2.05) is 25.1 Å². The summed E-state index contributed by atoms with van der Waals surface area (Å²) in [5.41, 5.74) is 5.34. The van der Waals surface area contributed by atoms with Crippen molar-refractivity contribution in [2.24, 2.45) is 0 Å². The fourth-order valence-corrected chi connectivity index (χ4v) is 3.94. The summed E-state index contributed by atoms with van der Waals surface area (Å²) >= 11 is 1.72. The number of nitrogens with one attached hydrogen (secondary N) is 1. The zero-order valence-electron chi connectivity index (χ0n) is 17.2. The monoisotopic (exact) mass is 408 g/mol. The van der Waals surface area contributed by atoms with Gasteiger partial charge in [0.2, 0.25) is 5.91 Å². The molecule has 1 atom stereocenters. The Balaban J connectivity index is 2.05. The van der Waals surface area contributed by atoms with E-state index < -0.39 is 0 Å². The lowest BCUT2D eigenvalue weighted by Crippen LogP contribution is -2.29. The Kier molecular flexibility index (Phi) is 7.18. The van der Waals surface area contributed by atoms with Crippen molar-refractivity contribution < 1.29 is 9.90 Å². The molecule has 1 heterocycles. The molecule has 0 aliphatic rings. The lowest BCUT2D eigenvalue weighted by atomic mass is 10.00. The van der Waals surface area contributed by atoms with Crippen LogP contribution in [0.1, 0.15) is 30.5 Å². The molecule has 0 bridgehead atoms. The quantitative estimate of drug-likeness (QED) is 0.417. The zero-order chi connectivity index (χ0) is 20.8. The van der Waals surface area contributed by atoms with Crippen LogP contribution in [0.2, 0.25) is 0 Å². The van der Waals surface area contributed by atoms with Crippen LogP contribution < -0.4 is 5.32 Å². The highest BCUT2D eigenvalue weighted by Crippen LogP contribution is 2.34. The van der Waals surface area contributed by atoms with Crippen LogP contribution in [-0.2, 0) is 4.79 Å². The van der Waals surface area contributed by atoms with Crippen LogP contribution >= 0.6 is 11.8 Å². The predicted octanol–water partition coefficient (Wildman–Crippen LogP) is 4.78. The molecule has 0 aliphatic carbocycles. The smallest absolute Gasteiger partial charge is 0.227 e. The van der Waals surface area contributed by atoms with Crippen LogP contribution in [0.5, 0.6) is 0 Å². The lowest BCUT2D eigenvalue weighted by Gasteiger charge is -2.14. The van der Waals surface area contributed by atoms with Gasteiger partial charge in [-0.25, -0.2) is 0 Å². The van der Waals surface area contributed by atoms with Gasteiger partial charge in [0.15, 0.2) is 0 Å². The lowest BCUT2D eigenvalue weighted by molar-refractivity contribution is -0.122. The minimum atomic E-state index is -0.275. The Morgan fingerprint density at radius 3 is 2.45 bits per heavy atom. The van der Waals surface area contributed by atoms with E-state index in [0.717, 1.165) is 28.2 Å². The first-order valence-electron chi connectivity index (χ1n) is 9.87. The summed E-state index contributed by atoms with van der Waals surface area (Å²) in [6.45, 7) is 4.57. The molecule has 3 rings (SSSR count). The van der Waals surface area contributed by atoms with Crippen LogP contribution in [0.4, 0.5) is 0 Å². The highest BCUT2D eigenvalue weighted by atomic mass is 32.2. The first-order valence-corrected chi connectivity index (χ1v) is 11.1. The summed E-state index contributed by atoms with van der Waals surface area (Å²) in [6.07, 6.45) is 2.64. The minimum absolute atomic E-state index is 0.0176. The van der Waals surface area contributed by atoms with Gasteiger partial charge in [0, 0.05) is 29.4 Å². The Labute approximate surface area is 177 Å². The highest BCUT2D eigenvalue weighted by Gasteiger charge is 2.23. The molecule has 1 aromatic heterocycles. The topological polar surface area (TPSA) is 54.3 Å². The molecule has 152 valence electrons. The molecule has 0 spiro atoms. The molecule has 0 saturated heterocycles. The number of amides is 1. The predicted molar refractivity (Wildman–Crippen MR) is 121 cm³/mol. The van der Waals surface area contributed by atoms with E-state index in [4.69, 9.17) is 5.11 Å². The number of nitrogens with zero attached hydrogens (tertiary/aromatic N) is 1. The van der Waals surface area contributed by atoms with Gasteiger partial charge in [-0.3, -0.25) is 4.79 Å². The minimum Gasteiger partial charge on any atom is -0.396 e. The first-order chi connectivity index (χ1) is 14.1. The number of carbonyl (C=O) groups excluding carboxylic acids is 1. The van der Waals surface area contributed by atoms with Gasteiger partial charge in [-0.05, 0) is 68.0 Å². The number of hydrogen-bond acceptors (Lipinski definition) is 3. The van der Waals surface area contributed by atoms with Crippen molar-refractivity contribution in [3.05, 3.63) is 71.9 Å². The van der Waals surface area contributed by atoms with Crippen molar-refractivity contribution in [2.45, 2.75) is 31.1 Å². The van der Waals surface area contributed by atoms with Crippen LogP contribution in [0, 0.1) is 6.92 Å². The largest absolute Gasteiger partial charge is 0.396 e. The van der Waals surface area contributed by atoms with Gasteiger partial charge in [-0.2, -0.15) is 0 Å². The Morgan fingerprint density at radius 1 is 1.14 bits per heavy atom. The molecule has 29 heavy (non-hydrogen) atoms. The molecule has 5 heteroatoms. The van der Waals surface area contributed by atoms with E-state index in [-0.39, 0.29) is 18.4 Å². The van der Waals surface area contributed by atoms with E-state index in [2.05, 4.69) is 65.5 Å². The average Bonchev–Trinajstić information content (AvgIpc) is 3.11. The summed E-state index contributed by atoms with van der Waals surface area (Å²) < 4.78 is 2.22. The number of benzene rings is 2. The molecule has 2 aromatic carbocycles. The second-order valence-electron chi connectivity index (χ2n) is 7.06. The standard InChI is InChI=1S/C24H28N2O2S/c1-17(24(28)25-14-7-15-27)22-16-23(19-10-12-21(29-3)13-11-19)26(18(22)2)20-8-5-4-6-9-20/h4-6,8-13,16-17,27H,7,14-15H2,1-3H3,(H,25,28). The van der Waals surface area contributed by atoms with Gasteiger partial charge in [0.05, 0.1) is 11.6 Å². The van der Waals surface area contributed by atoms with Crippen molar-refractivity contribution in [2.75, 3.05) is 19.4 Å². The van der Waals surface area contributed by atoms with Crippen LogP contribution in [0.3, 0.4) is 0 Å². The second-order valence-corrected chi connectivity index (χ2v) is 7.94. The van der Waals surface area contributed by atoms with Gasteiger partial charge in [0.25, 0.3) is 0 Å². The maximum Gasteiger partial charge on any atom is 0.227 e. The molecule has 0 fully saturated rings. The van der Waals surface area contributed by atoms with Crippen LogP contribution in [0.25, 0.3) is 16.9 Å². The Bertz CT molecular complexity index is 949. The number of aliphatic hydroxyl groups is 1. The third-order valence-electron chi connectivity index (χ3n) is 5.18. The SMILES string of the molecule is CSc1ccc(-c2cc(C(C)C(=O)NCCCO)c(C)n2-c2ccccc2)cc1. The first kappa shape index (κ1) is 21.2. The van der Waals surface area contributed by atoms with Crippen molar-refractivity contribution in [1.82, 2.24) is 9.88 Å². The maximum absolute atomic E-state index is 12.6. The van der Waals surface area contributed by atoms with E-state index in [9.17, 15) is 4.79 Å². The van der Waals surface area contributed by atoms with Gasteiger partial charge < -0.3 is 15.0 Å². The summed E-state index contributed by atoms with van der Waals surface area (Å²) in [5.74, 6) is -0.293. The number of aromatic nitrogens is 1. The maximum atomic E-state index is 12.6.